The minimum Gasteiger partial charge on any atom is -0.477 e. The number of fused-ring (bicyclic) bond motifs is 1. The third kappa shape index (κ3) is 5.09. The Morgan fingerprint density at radius 2 is 1.97 bits per heavy atom. The van der Waals surface area contributed by atoms with Gasteiger partial charge in [-0.15, -0.1) is 0 Å². The molecule has 0 aromatic carbocycles. The lowest BCUT2D eigenvalue weighted by atomic mass is 10.2. The maximum atomic E-state index is 11.5. The molecule has 4 aromatic rings. The van der Waals surface area contributed by atoms with Crippen molar-refractivity contribution in [2.75, 3.05) is 6.61 Å². The second kappa shape index (κ2) is 9.27. The molecule has 13 heteroatoms. The Morgan fingerprint density at radius 1 is 1.19 bits per heavy atom. The minimum atomic E-state index is -3.85. The van der Waals surface area contributed by atoms with Gasteiger partial charge in [0.1, 0.15) is 15.9 Å². The quantitative estimate of drug-likeness (QED) is 0.425. The Morgan fingerprint density at radius 3 is 2.58 bits per heavy atom. The van der Waals surface area contributed by atoms with Gasteiger partial charge in [-0.3, -0.25) is 14.6 Å². The first-order valence-corrected chi connectivity index (χ1v) is 11.5. The van der Waals surface area contributed by atoms with Crippen molar-refractivity contribution in [3.63, 3.8) is 0 Å². The molecule has 0 bridgehead atoms. The summed E-state index contributed by atoms with van der Waals surface area (Å²) in [5, 5.41) is 10.6. The van der Waals surface area contributed by atoms with E-state index in [1.807, 2.05) is 27.0 Å². The van der Waals surface area contributed by atoms with Crippen LogP contribution in [0.2, 0.25) is 0 Å². The molecule has 11 nitrogen and oxygen atoms in total. The van der Waals surface area contributed by atoms with E-state index in [0.717, 1.165) is 12.1 Å². The normalized spacial score (nSPS) is 11.2. The van der Waals surface area contributed by atoms with Crippen LogP contribution >= 0.6 is 10.7 Å². The number of nitrogens with one attached hydrogen (secondary N) is 2. The first-order chi connectivity index (χ1) is 14.7. The summed E-state index contributed by atoms with van der Waals surface area (Å²) in [7, 11) is 3.35. The van der Waals surface area contributed by atoms with Crippen LogP contribution in [0, 0.1) is 0 Å². The molecule has 31 heavy (non-hydrogen) atoms. The van der Waals surface area contributed by atoms with Gasteiger partial charge in [0, 0.05) is 23.4 Å². The van der Waals surface area contributed by atoms with Gasteiger partial charge in [-0.2, -0.15) is 10.2 Å². The number of ether oxygens (including phenoxy) is 1. The van der Waals surface area contributed by atoms with Crippen molar-refractivity contribution in [2.24, 2.45) is 7.05 Å². The van der Waals surface area contributed by atoms with Crippen LogP contribution in [0.1, 0.15) is 19.5 Å². The SMILES string of the molecule is CCOc1ncc(S(=O)(=O)Cl)cc1-c1cc(CC)n(C)n1.O=c1[nH]cnc2cn[nH]c12. The van der Waals surface area contributed by atoms with E-state index in [1.165, 1.54) is 24.8 Å². The maximum absolute atomic E-state index is 11.5. The van der Waals surface area contributed by atoms with Gasteiger partial charge in [-0.25, -0.2) is 18.4 Å². The molecule has 164 valence electrons. The molecule has 0 saturated heterocycles. The number of hydrogen-bond donors (Lipinski definition) is 2. The molecule has 0 fully saturated rings. The van der Waals surface area contributed by atoms with Crippen LogP contribution in [0.3, 0.4) is 0 Å². The lowest BCUT2D eigenvalue weighted by Gasteiger charge is -2.08. The smallest absolute Gasteiger partial charge is 0.276 e. The minimum absolute atomic E-state index is 0.0775. The van der Waals surface area contributed by atoms with Crippen LogP contribution in [-0.4, -0.2) is 50.0 Å². The van der Waals surface area contributed by atoms with Gasteiger partial charge in [-0.05, 0) is 25.5 Å². The van der Waals surface area contributed by atoms with Gasteiger partial charge in [0.05, 0.1) is 36.6 Å². The van der Waals surface area contributed by atoms with Crippen LogP contribution in [0.15, 0.2) is 40.5 Å². The van der Waals surface area contributed by atoms with E-state index in [0.29, 0.717) is 34.8 Å². The highest BCUT2D eigenvalue weighted by molar-refractivity contribution is 8.13. The van der Waals surface area contributed by atoms with Crippen molar-refractivity contribution in [3.8, 4) is 17.1 Å². The Hall–Kier alpha value is -3.25. The average Bonchev–Trinajstić information content (AvgIpc) is 3.35. The summed E-state index contributed by atoms with van der Waals surface area (Å²) in [6.45, 7) is 4.26. The third-order valence-corrected chi connectivity index (χ3v) is 5.57. The maximum Gasteiger partial charge on any atom is 0.276 e. The molecular formula is C18H20ClN7O4S. The van der Waals surface area contributed by atoms with Gasteiger partial charge < -0.3 is 9.72 Å². The molecule has 0 unspecified atom stereocenters. The molecule has 0 aliphatic carbocycles. The molecule has 0 atom stereocenters. The van der Waals surface area contributed by atoms with Gasteiger partial charge in [-0.1, -0.05) is 6.92 Å². The van der Waals surface area contributed by atoms with E-state index in [-0.39, 0.29) is 10.5 Å². The molecule has 0 radical (unpaired) electrons. The lowest BCUT2D eigenvalue weighted by molar-refractivity contribution is 0.328. The first-order valence-electron chi connectivity index (χ1n) is 9.22. The summed E-state index contributed by atoms with van der Waals surface area (Å²) in [5.74, 6) is 0.335. The predicted molar refractivity (Wildman–Crippen MR) is 115 cm³/mol. The fraction of sp³-hybridized carbons (Fsp3) is 0.278. The van der Waals surface area contributed by atoms with Gasteiger partial charge in [0.15, 0.2) is 0 Å². The van der Waals surface area contributed by atoms with Crippen molar-refractivity contribution in [1.29, 1.82) is 0 Å². The number of rotatable bonds is 5. The Balaban J connectivity index is 0.000000225. The molecule has 4 heterocycles. The van der Waals surface area contributed by atoms with Crippen LogP contribution in [0.5, 0.6) is 5.88 Å². The number of aromatic amines is 2. The average molecular weight is 466 g/mol. The number of aryl methyl sites for hydroxylation is 2. The summed E-state index contributed by atoms with van der Waals surface area (Å²) in [5.41, 5.74) is 2.95. The molecule has 0 amide bonds. The molecule has 0 spiro atoms. The first kappa shape index (κ1) is 22.4. The van der Waals surface area contributed by atoms with Crippen LogP contribution in [0.25, 0.3) is 22.3 Å². The topological polar surface area (TPSA) is 149 Å². The van der Waals surface area contributed by atoms with E-state index < -0.39 is 9.05 Å². The second-order valence-corrected chi connectivity index (χ2v) is 8.82. The number of hydrogen-bond acceptors (Lipinski definition) is 8. The third-order valence-electron chi connectivity index (χ3n) is 4.25. The molecule has 0 aliphatic rings. The zero-order chi connectivity index (χ0) is 22.6. The molecule has 4 rings (SSSR count). The standard InChI is InChI=1S/C13H16ClN3O3S.C5H4N4O/c1-4-9-6-12(16-17(9)3)11-7-10(21(14,18)19)8-15-13(11)20-5-2;10-5-4-3(1-8-9-4)6-2-7-5/h6-8H,4-5H2,1-3H3;1-2H,(H,8,9)(H,6,7,10). The van der Waals surface area contributed by atoms with Crippen molar-refractivity contribution < 1.29 is 13.2 Å². The summed E-state index contributed by atoms with van der Waals surface area (Å²) < 4.78 is 30.1. The number of nitrogens with zero attached hydrogens (tertiary/aromatic N) is 5. The highest BCUT2D eigenvalue weighted by Gasteiger charge is 2.18. The van der Waals surface area contributed by atoms with E-state index in [4.69, 9.17) is 15.4 Å². The van der Waals surface area contributed by atoms with Crippen molar-refractivity contribution in [1.82, 2.24) is 34.9 Å². The molecule has 4 aromatic heterocycles. The lowest BCUT2D eigenvalue weighted by Crippen LogP contribution is -2.05. The molecule has 2 N–H and O–H groups in total. The fourth-order valence-corrected chi connectivity index (χ4v) is 3.44. The molecule has 0 saturated carbocycles. The second-order valence-electron chi connectivity index (χ2n) is 6.25. The Labute approximate surface area is 181 Å². The highest BCUT2D eigenvalue weighted by atomic mass is 35.7. The summed E-state index contributed by atoms with van der Waals surface area (Å²) in [4.78, 5) is 21.1. The summed E-state index contributed by atoms with van der Waals surface area (Å²) in [6.07, 6.45) is 4.85. The van der Waals surface area contributed by atoms with E-state index in [9.17, 15) is 13.2 Å². The summed E-state index contributed by atoms with van der Waals surface area (Å²) >= 11 is 0. The number of halogens is 1. The van der Waals surface area contributed by atoms with Gasteiger partial charge in [0.25, 0.3) is 14.6 Å². The van der Waals surface area contributed by atoms with Crippen LogP contribution in [0.4, 0.5) is 0 Å². The van der Waals surface area contributed by atoms with Crippen LogP contribution < -0.4 is 10.3 Å². The van der Waals surface area contributed by atoms with E-state index >= 15 is 0 Å². The highest BCUT2D eigenvalue weighted by Crippen LogP contribution is 2.31. The Kier molecular flexibility index (Phi) is 6.71. The monoisotopic (exact) mass is 465 g/mol. The Bertz CT molecular complexity index is 1360. The van der Waals surface area contributed by atoms with Gasteiger partial charge >= 0.3 is 0 Å². The zero-order valence-electron chi connectivity index (χ0n) is 17.0. The van der Waals surface area contributed by atoms with E-state index in [1.54, 1.807) is 4.68 Å². The predicted octanol–water partition coefficient (Wildman–Crippen LogP) is 2.02. The van der Waals surface area contributed by atoms with Crippen molar-refractivity contribution in [3.05, 3.63) is 46.9 Å². The van der Waals surface area contributed by atoms with Crippen molar-refractivity contribution in [2.45, 2.75) is 25.2 Å². The largest absolute Gasteiger partial charge is 0.477 e. The zero-order valence-corrected chi connectivity index (χ0v) is 18.5. The van der Waals surface area contributed by atoms with Crippen LogP contribution in [-0.2, 0) is 22.5 Å². The number of pyridine rings is 1. The fourth-order valence-electron chi connectivity index (χ4n) is 2.75. The van der Waals surface area contributed by atoms with E-state index in [2.05, 4.69) is 30.2 Å². The number of aromatic nitrogens is 7. The number of H-pyrrole nitrogens is 2. The van der Waals surface area contributed by atoms with Gasteiger partial charge in [0.2, 0.25) is 5.88 Å². The molecule has 0 aliphatic heterocycles. The molecular weight excluding hydrogens is 446 g/mol. The summed E-state index contributed by atoms with van der Waals surface area (Å²) in [6, 6.07) is 3.31. The van der Waals surface area contributed by atoms with Crippen molar-refractivity contribution >= 4 is 30.8 Å².